The Morgan fingerprint density at radius 1 is 1.53 bits per heavy atom. The molecule has 5 heteroatoms. The lowest BCUT2D eigenvalue weighted by atomic mass is 10.1. The molecule has 0 spiro atoms. The molecule has 2 N–H and O–H groups in total. The van der Waals surface area contributed by atoms with Gasteiger partial charge in [-0.3, -0.25) is 9.58 Å². The van der Waals surface area contributed by atoms with E-state index in [-0.39, 0.29) is 12.4 Å². The van der Waals surface area contributed by atoms with Crippen LogP contribution in [0.5, 0.6) is 0 Å². The minimum absolute atomic E-state index is 0. The van der Waals surface area contributed by atoms with Crippen molar-refractivity contribution in [2.75, 3.05) is 13.1 Å². The van der Waals surface area contributed by atoms with Crippen molar-refractivity contribution in [3.05, 3.63) is 18.0 Å². The van der Waals surface area contributed by atoms with Crippen LogP contribution in [0.25, 0.3) is 0 Å². The van der Waals surface area contributed by atoms with Crippen LogP contribution in [0, 0.1) is 0 Å². The zero-order valence-electron chi connectivity index (χ0n) is 10.7. The lowest BCUT2D eigenvalue weighted by Crippen LogP contribution is -2.42. The SMILES string of the molecule is CC(C)n1nccc1CN1CCC[C@@H](N)C1.Cl. The minimum atomic E-state index is 0. The first kappa shape index (κ1) is 14.5. The molecule has 1 aromatic rings. The molecule has 0 bridgehead atoms. The van der Waals surface area contributed by atoms with Crippen molar-refractivity contribution in [1.82, 2.24) is 14.7 Å². The molecule has 0 amide bonds. The van der Waals surface area contributed by atoms with Crippen LogP contribution in [0.4, 0.5) is 0 Å². The van der Waals surface area contributed by atoms with Crippen LogP contribution in [0.15, 0.2) is 12.3 Å². The molecule has 1 aromatic heterocycles. The summed E-state index contributed by atoms with van der Waals surface area (Å²) in [7, 11) is 0. The Morgan fingerprint density at radius 2 is 2.29 bits per heavy atom. The van der Waals surface area contributed by atoms with Gasteiger partial charge in [0.1, 0.15) is 0 Å². The highest BCUT2D eigenvalue weighted by molar-refractivity contribution is 5.85. The first-order valence-electron chi connectivity index (χ1n) is 6.17. The van der Waals surface area contributed by atoms with Gasteiger partial charge < -0.3 is 5.73 Å². The van der Waals surface area contributed by atoms with Gasteiger partial charge >= 0.3 is 0 Å². The summed E-state index contributed by atoms with van der Waals surface area (Å²) >= 11 is 0. The second-order valence-corrected chi connectivity index (χ2v) is 5.00. The van der Waals surface area contributed by atoms with Gasteiger partial charge in [-0.1, -0.05) is 0 Å². The molecule has 0 unspecified atom stereocenters. The van der Waals surface area contributed by atoms with E-state index in [1.807, 2.05) is 6.20 Å². The molecule has 0 saturated carbocycles. The Hall–Kier alpha value is -0.580. The van der Waals surface area contributed by atoms with Crippen molar-refractivity contribution in [1.29, 1.82) is 0 Å². The van der Waals surface area contributed by atoms with E-state index in [1.165, 1.54) is 18.5 Å². The summed E-state index contributed by atoms with van der Waals surface area (Å²) in [5.41, 5.74) is 7.28. The zero-order chi connectivity index (χ0) is 11.5. The van der Waals surface area contributed by atoms with E-state index in [1.54, 1.807) is 0 Å². The highest BCUT2D eigenvalue weighted by Crippen LogP contribution is 2.14. The topological polar surface area (TPSA) is 47.1 Å². The standard InChI is InChI=1S/C12H22N4.ClH/c1-10(2)16-12(5-6-14-16)9-15-7-3-4-11(13)8-15;/h5-6,10-11H,3-4,7-9,13H2,1-2H3;1H/t11-;/m1./s1. The number of hydrogen-bond donors (Lipinski definition) is 1. The molecule has 1 aliphatic rings. The molecule has 0 aliphatic carbocycles. The highest BCUT2D eigenvalue weighted by Gasteiger charge is 2.18. The predicted molar refractivity (Wildman–Crippen MR) is 72.3 cm³/mol. The van der Waals surface area contributed by atoms with E-state index in [9.17, 15) is 0 Å². The highest BCUT2D eigenvalue weighted by atomic mass is 35.5. The molecule has 1 atom stereocenters. The van der Waals surface area contributed by atoms with Crippen LogP contribution < -0.4 is 5.73 Å². The van der Waals surface area contributed by atoms with E-state index >= 15 is 0 Å². The van der Waals surface area contributed by atoms with Gasteiger partial charge in [0.15, 0.2) is 0 Å². The number of likely N-dealkylation sites (tertiary alicyclic amines) is 1. The van der Waals surface area contributed by atoms with Gasteiger partial charge in [0.25, 0.3) is 0 Å². The monoisotopic (exact) mass is 258 g/mol. The maximum atomic E-state index is 5.99. The third-order valence-electron chi connectivity index (χ3n) is 3.17. The number of halogens is 1. The second-order valence-electron chi connectivity index (χ2n) is 5.00. The Labute approximate surface area is 110 Å². The van der Waals surface area contributed by atoms with Crippen LogP contribution in [0.2, 0.25) is 0 Å². The van der Waals surface area contributed by atoms with Gasteiger partial charge in [-0.05, 0) is 39.3 Å². The fourth-order valence-electron chi connectivity index (χ4n) is 2.40. The van der Waals surface area contributed by atoms with Gasteiger partial charge in [0.05, 0.1) is 5.69 Å². The molecule has 4 nitrogen and oxygen atoms in total. The lowest BCUT2D eigenvalue weighted by Gasteiger charge is -2.30. The smallest absolute Gasteiger partial charge is 0.0527 e. The number of nitrogens with zero attached hydrogens (tertiary/aromatic N) is 3. The maximum absolute atomic E-state index is 5.99. The number of nitrogens with two attached hydrogens (primary N) is 1. The summed E-state index contributed by atoms with van der Waals surface area (Å²) in [6.45, 7) is 7.49. The van der Waals surface area contributed by atoms with E-state index in [4.69, 9.17) is 5.73 Å². The Bertz CT molecular complexity index is 337. The Balaban J connectivity index is 0.00000144. The van der Waals surface area contributed by atoms with E-state index in [0.29, 0.717) is 12.1 Å². The van der Waals surface area contributed by atoms with Crippen LogP contribution in [0.1, 0.15) is 38.4 Å². The van der Waals surface area contributed by atoms with E-state index in [2.05, 4.69) is 34.6 Å². The molecule has 2 heterocycles. The molecule has 17 heavy (non-hydrogen) atoms. The van der Waals surface area contributed by atoms with E-state index in [0.717, 1.165) is 19.6 Å². The summed E-state index contributed by atoms with van der Waals surface area (Å²) in [6.07, 6.45) is 4.27. The van der Waals surface area contributed by atoms with Crippen LogP contribution in [0.3, 0.4) is 0 Å². The number of piperidine rings is 1. The van der Waals surface area contributed by atoms with Crippen molar-refractivity contribution in [2.24, 2.45) is 5.73 Å². The average Bonchev–Trinajstić information content (AvgIpc) is 2.66. The first-order chi connectivity index (χ1) is 7.66. The summed E-state index contributed by atoms with van der Waals surface area (Å²) in [5, 5.41) is 4.36. The van der Waals surface area contributed by atoms with Crippen LogP contribution in [-0.2, 0) is 6.54 Å². The summed E-state index contributed by atoms with van der Waals surface area (Å²) in [6, 6.07) is 2.90. The number of hydrogen-bond acceptors (Lipinski definition) is 3. The van der Waals surface area contributed by atoms with Crippen molar-refractivity contribution < 1.29 is 0 Å². The van der Waals surface area contributed by atoms with Gasteiger partial charge in [0.2, 0.25) is 0 Å². The van der Waals surface area contributed by atoms with Crippen molar-refractivity contribution in [3.63, 3.8) is 0 Å². The van der Waals surface area contributed by atoms with Crippen molar-refractivity contribution in [3.8, 4) is 0 Å². The van der Waals surface area contributed by atoms with Crippen molar-refractivity contribution in [2.45, 2.75) is 45.3 Å². The molecule has 0 radical (unpaired) electrons. The van der Waals surface area contributed by atoms with Crippen LogP contribution >= 0.6 is 12.4 Å². The molecule has 1 aliphatic heterocycles. The van der Waals surface area contributed by atoms with Gasteiger partial charge in [-0.25, -0.2) is 0 Å². The lowest BCUT2D eigenvalue weighted by molar-refractivity contribution is 0.195. The molecule has 1 fully saturated rings. The molecule has 98 valence electrons. The number of aromatic nitrogens is 2. The Kier molecular flexibility index (Phi) is 5.43. The summed E-state index contributed by atoms with van der Waals surface area (Å²) < 4.78 is 2.10. The van der Waals surface area contributed by atoms with Gasteiger partial charge in [-0.2, -0.15) is 5.10 Å². The largest absolute Gasteiger partial charge is 0.327 e. The van der Waals surface area contributed by atoms with Crippen LogP contribution in [-0.4, -0.2) is 33.8 Å². The third kappa shape index (κ3) is 3.69. The number of rotatable bonds is 3. The predicted octanol–water partition coefficient (Wildman–Crippen LogP) is 1.81. The first-order valence-corrected chi connectivity index (χ1v) is 6.17. The van der Waals surface area contributed by atoms with Gasteiger partial charge in [0, 0.05) is 31.4 Å². The van der Waals surface area contributed by atoms with E-state index < -0.39 is 0 Å². The fraction of sp³-hybridized carbons (Fsp3) is 0.750. The molecule has 2 rings (SSSR count). The normalized spacial score (nSPS) is 21.5. The fourth-order valence-corrected chi connectivity index (χ4v) is 2.40. The van der Waals surface area contributed by atoms with Gasteiger partial charge in [-0.15, -0.1) is 12.4 Å². The molecule has 0 aromatic carbocycles. The third-order valence-corrected chi connectivity index (χ3v) is 3.17. The minimum Gasteiger partial charge on any atom is -0.327 e. The molecular formula is C12H23ClN4. The molecule has 1 saturated heterocycles. The maximum Gasteiger partial charge on any atom is 0.0527 e. The zero-order valence-corrected chi connectivity index (χ0v) is 11.5. The molecular weight excluding hydrogens is 236 g/mol. The quantitative estimate of drug-likeness (QED) is 0.900. The van der Waals surface area contributed by atoms with Crippen molar-refractivity contribution >= 4 is 12.4 Å². The second kappa shape index (κ2) is 6.38. The average molecular weight is 259 g/mol. The Morgan fingerprint density at radius 3 is 2.94 bits per heavy atom. The summed E-state index contributed by atoms with van der Waals surface area (Å²) in [5.74, 6) is 0. The summed E-state index contributed by atoms with van der Waals surface area (Å²) in [4.78, 5) is 2.43.